The van der Waals surface area contributed by atoms with Gasteiger partial charge in [-0.25, -0.2) is 13.2 Å². The normalized spacial score (nSPS) is 12.0. The first kappa shape index (κ1) is 31.9. The van der Waals surface area contributed by atoms with E-state index in [0.717, 1.165) is 11.3 Å². The molecule has 206 valence electrons. The monoisotopic (exact) mass is 634 g/mol. The number of hydrogen-bond donors (Lipinski definition) is 5. The Morgan fingerprint density at radius 2 is 1.70 bits per heavy atom. The molecule has 1 heterocycles. The van der Waals surface area contributed by atoms with Crippen molar-refractivity contribution in [3.63, 3.8) is 0 Å². The molecule has 1 aromatic heterocycles. The zero-order valence-corrected chi connectivity index (χ0v) is 21.9. The first-order valence-electron chi connectivity index (χ1n) is 9.85. The molecule has 18 heteroatoms. The number of rotatable bonds is 12. The number of nitrogens with zero attached hydrogens (tertiary/aromatic N) is 1. The minimum absolute atomic E-state index is 0.0201. The molecule has 0 fully saturated rings. The summed E-state index contributed by atoms with van der Waals surface area (Å²) in [6.45, 7) is 0.657. The highest BCUT2D eigenvalue weighted by atomic mass is 79.9. The average molecular weight is 635 g/mol. The highest BCUT2D eigenvalue weighted by molar-refractivity contribution is 9.11. The van der Waals surface area contributed by atoms with Gasteiger partial charge in [0.25, 0.3) is 10.0 Å². The van der Waals surface area contributed by atoms with E-state index in [9.17, 15) is 31.5 Å². The van der Waals surface area contributed by atoms with E-state index in [-0.39, 0.29) is 23.2 Å². The summed E-state index contributed by atoms with van der Waals surface area (Å²) in [6.07, 6.45) is -4.55. The Morgan fingerprint density at radius 3 is 2.16 bits per heavy atom. The molecular formula is C19H22BrF3N4O8S2. The first-order chi connectivity index (χ1) is 17.1. The molecule has 0 amide bonds. The third-order valence-electron chi connectivity index (χ3n) is 3.83. The van der Waals surface area contributed by atoms with E-state index in [4.69, 9.17) is 30.9 Å². The van der Waals surface area contributed by atoms with Gasteiger partial charge in [0.15, 0.2) is 0 Å². The third-order valence-corrected chi connectivity index (χ3v) is 7.42. The van der Waals surface area contributed by atoms with Gasteiger partial charge in [0.05, 0.1) is 10.4 Å². The van der Waals surface area contributed by atoms with Crippen molar-refractivity contribution in [3.8, 4) is 5.75 Å². The molecule has 0 aliphatic heterocycles. The van der Waals surface area contributed by atoms with Crippen LogP contribution >= 0.6 is 27.3 Å². The van der Waals surface area contributed by atoms with Gasteiger partial charge < -0.3 is 31.3 Å². The van der Waals surface area contributed by atoms with Crippen LogP contribution in [0.1, 0.15) is 12.0 Å². The highest BCUT2D eigenvalue weighted by Gasteiger charge is 2.38. The number of alkyl halides is 3. The van der Waals surface area contributed by atoms with Gasteiger partial charge in [-0.3, -0.25) is 4.79 Å². The quantitative estimate of drug-likeness (QED) is 0.0995. The van der Waals surface area contributed by atoms with Crippen molar-refractivity contribution in [1.29, 1.82) is 0 Å². The van der Waals surface area contributed by atoms with E-state index in [1.807, 2.05) is 0 Å². The number of ether oxygens (including phenoxy) is 1. The second-order valence-corrected chi connectivity index (χ2v) is 11.2. The fourth-order valence-corrected chi connectivity index (χ4v) is 5.47. The second-order valence-electron chi connectivity index (χ2n) is 6.77. The molecule has 0 bridgehead atoms. The smallest absolute Gasteiger partial charge is 0.490 e. The van der Waals surface area contributed by atoms with Crippen LogP contribution in [-0.2, 0) is 30.9 Å². The summed E-state index contributed by atoms with van der Waals surface area (Å²) in [6, 6.07) is 8.39. The SMILES string of the molecule is NC(N)=NOCCCOc1ccc(C[C@H](NS(=O)(=O)c2ccc(Br)s2)C(=O)O)cc1.O=C(O)C(F)(F)F. The van der Waals surface area contributed by atoms with E-state index in [1.165, 1.54) is 6.07 Å². The first-order valence-corrected chi connectivity index (χ1v) is 12.9. The number of guanidine groups is 1. The van der Waals surface area contributed by atoms with Crippen LogP contribution in [0.25, 0.3) is 0 Å². The summed E-state index contributed by atoms with van der Waals surface area (Å²) in [5.41, 5.74) is 10.9. The van der Waals surface area contributed by atoms with Crippen molar-refractivity contribution in [2.45, 2.75) is 29.3 Å². The molecule has 0 aliphatic carbocycles. The van der Waals surface area contributed by atoms with Gasteiger partial charge in [0.1, 0.15) is 22.6 Å². The van der Waals surface area contributed by atoms with E-state index in [1.54, 1.807) is 30.3 Å². The molecule has 2 aromatic rings. The fourth-order valence-electron chi connectivity index (χ4n) is 2.26. The lowest BCUT2D eigenvalue weighted by atomic mass is 10.1. The molecule has 37 heavy (non-hydrogen) atoms. The van der Waals surface area contributed by atoms with Crippen LogP contribution in [0.5, 0.6) is 5.75 Å². The lowest BCUT2D eigenvalue weighted by molar-refractivity contribution is -0.192. The van der Waals surface area contributed by atoms with Crippen molar-refractivity contribution < 1.29 is 51.0 Å². The summed E-state index contributed by atoms with van der Waals surface area (Å²) in [5, 5.41) is 19.9. The van der Waals surface area contributed by atoms with E-state index in [0.29, 0.717) is 28.1 Å². The zero-order valence-electron chi connectivity index (χ0n) is 18.6. The molecule has 0 saturated carbocycles. The minimum atomic E-state index is -5.08. The van der Waals surface area contributed by atoms with Crippen LogP contribution in [0.4, 0.5) is 13.2 Å². The van der Waals surface area contributed by atoms with Gasteiger partial charge in [-0.15, -0.1) is 11.3 Å². The summed E-state index contributed by atoms with van der Waals surface area (Å²) in [7, 11) is -3.94. The molecule has 1 atom stereocenters. The topological polar surface area (TPSA) is 204 Å². The van der Waals surface area contributed by atoms with E-state index >= 15 is 0 Å². The maximum Gasteiger partial charge on any atom is 0.490 e. The number of sulfonamides is 1. The predicted octanol–water partition coefficient (Wildman–Crippen LogP) is 2.09. The van der Waals surface area contributed by atoms with E-state index < -0.39 is 34.2 Å². The van der Waals surface area contributed by atoms with E-state index in [2.05, 4.69) is 25.8 Å². The fraction of sp³-hybridized carbons (Fsp3) is 0.316. The number of halogens is 4. The number of carboxylic acids is 2. The number of nitrogens with two attached hydrogens (primary N) is 2. The molecular weight excluding hydrogens is 613 g/mol. The molecule has 12 nitrogen and oxygen atoms in total. The number of benzene rings is 1. The molecule has 0 spiro atoms. The molecule has 7 N–H and O–H groups in total. The van der Waals surface area contributed by atoms with Crippen molar-refractivity contribution in [1.82, 2.24) is 4.72 Å². The minimum Gasteiger partial charge on any atom is -0.493 e. The lowest BCUT2D eigenvalue weighted by Crippen LogP contribution is -2.42. The van der Waals surface area contributed by atoms with Crippen molar-refractivity contribution in [2.75, 3.05) is 13.2 Å². The molecule has 0 saturated heterocycles. The van der Waals surface area contributed by atoms with Gasteiger partial charge in [-0.2, -0.15) is 17.9 Å². The molecule has 0 unspecified atom stereocenters. The molecule has 0 aliphatic rings. The van der Waals surface area contributed by atoms with Crippen LogP contribution in [0, 0.1) is 0 Å². The largest absolute Gasteiger partial charge is 0.493 e. The highest BCUT2D eigenvalue weighted by Crippen LogP contribution is 2.26. The van der Waals surface area contributed by atoms with Gasteiger partial charge >= 0.3 is 18.1 Å². The van der Waals surface area contributed by atoms with Crippen molar-refractivity contribution in [3.05, 3.63) is 45.7 Å². The van der Waals surface area contributed by atoms with Crippen molar-refractivity contribution >= 4 is 55.2 Å². The summed E-state index contributed by atoms with van der Waals surface area (Å²) >= 11 is 4.19. The van der Waals surface area contributed by atoms with Crippen LogP contribution in [0.3, 0.4) is 0 Å². The van der Waals surface area contributed by atoms with Gasteiger partial charge in [-0.05, 0) is 57.3 Å². The van der Waals surface area contributed by atoms with Gasteiger partial charge in [0, 0.05) is 6.42 Å². The van der Waals surface area contributed by atoms with Crippen molar-refractivity contribution in [2.24, 2.45) is 16.6 Å². The van der Waals surface area contributed by atoms with Crippen LogP contribution in [0.2, 0.25) is 0 Å². The molecule has 0 radical (unpaired) electrons. The molecule has 1 aromatic carbocycles. The maximum atomic E-state index is 12.4. The number of carboxylic acid groups (broad SMARTS) is 2. The zero-order chi connectivity index (χ0) is 28.2. The average Bonchev–Trinajstić information content (AvgIpc) is 3.23. The number of thiophene rings is 1. The maximum absolute atomic E-state index is 12.4. The Balaban J connectivity index is 0.000000856. The number of hydrogen-bond acceptors (Lipinski definition) is 8. The standard InChI is InChI=1S/C17H21BrN4O6S2.C2HF3O2/c18-14-6-7-15(29-14)30(25,26)22-13(16(23)24)10-11-2-4-12(5-3-11)27-8-1-9-28-21-17(19)20;3-2(4,5)1(6)7/h2-7,13,22H,1,8-10H2,(H,23,24)(H4,19,20,21);(H,6,7)/t13-;/m0./s1. The third kappa shape index (κ3) is 12.6. The number of carbonyl (C=O) groups is 2. The number of nitrogens with one attached hydrogen (secondary N) is 1. The van der Waals surface area contributed by atoms with Crippen LogP contribution < -0.4 is 20.9 Å². The summed E-state index contributed by atoms with van der Waals surface area (Å²) < 4.78 is 65.0. The Hall–Kier alpha value is -3.09. The Morgan fingerprint density at radius 1 is 1.11 bits per heavy atom. The van der Waals surface area contributed by atoms with Gasteiger partial charge in [0.2, 0.25) is 5.96 Å². The van der Waals surface area contributed by atoms with Gasteiger partial charge in [-0.1, -0.05) is 12.1 Å². The molecule has 2 rings (SSSR count). The Kier molecular flexibility index (Phi) is 12.6. The number of aliphatic carboxylic acids is 2. The Labute approximate surface area is 221 Å². The lowest BCUT2D eigenvalue weighted by Gasteiger charge is -2.14. The van der Waals surface area contributed by atoms with Crippen LogP contribution in [0.15, 0.2) is 49.5 Å². The Bertz CT molecular complexity index is 1170. The predicted molar refractivity (Wildman–Crippen MR) is 129 cm³/mol. The van der Waals surface area contributed by atoms with Crippen LogP contribution in [-0.4, -0.2) is 62.0 Å². The summed E-state index contributed by atoms with van der Waals surface area (Å²) in [5.74, 6) is -3.60. The second kappa shape index (κ2) is 14.6. The summed E-state index contributed by atoms with van der Waals surface area (Å²) in [4.78, 5) is 25.3. The number of oxime groups is 1.